The Labute approximate surface area is 54.5 Å². The van der Waals surface area contributed by atoms with E-state index in [2.05, 4.69) is 9.31 Å². The average Bonchev–Trinajstić information content (AvgIpc) is 2.14. The second kappa shape index (κ2) is 2.51. The fraction of sp³-hybridized carbons (Fsp3) is 0.500. The normalized spacial score (nSPS) is 10.8. The third-order valence-corrected chi connectivity index (χ3v) is 2.49. The van der Waals surface area contributed by atoms with Gasteiger partial charge in [-0.2, -0.15) is 0 Å². The quantitative estimate of drug-likeness (QED) is 0.561. The van der Waals surface area contributed by atoms with E-state index in [9.17, 15) is 0 Å². The van der Waals surface area contributed by atoms with Gasteiger partial charge in [-0.05, 0) is 6.26 Å². The van der Waals surface area contributed by atoms with Crippen molar-refractivity contribution in [3.63, 3.8) is 0 Å². The van der Waals surface area contributed by atoms with Crippen LogP contribution >= 0.6 is 20.1 Å². The highest BCUT2D eigenvalue weighted by atomic mass is 32.2. The number of aromatic nitrogens is 2. The van der Waals surface area contributed by atoms with Crippen molar-refractivity contribution in [1.29, 1.82) is 0 Å². The number of thioether (sulfide) groups is 1. The van der Waals surface area contributed by atoms with Gasteiger partial charge in [-0.1, -0.05) is 11.8 Å². The average molecular weight is 146 g/mol. The molecule has 0 fully saturated rings. The summed E-state index contributed by atoms with van der Waals surface area (Å²) in [5.41, 5.74) is 0. The Bertz CT molecular complexity index is 174. The van der Waals surface area contributed by atoms with Crippen molar-refractivity contribution >= 4 is 20.1 Å². The molecule has 0 aliphatic rings. The number of nitrogens with zero attached hydrogens (tertiary/aromatic N) is 2. The van der Waals surface area contributed by atoms with Gasteiger partial charge in [0.15, 0.2) is 5.16 Å². The van der Waals surface area contributed by atoms with Crippen LogP contribution in [0.3, 0.4) is 0 Å². The molecule has 1 heterocycles. The fourth-order valence-electron chi connectivity index (χ4n) is 0.470. The molecule has 0 spiro atoms. The summed E-state index contributed by atoms with van der Waals surface area (Å²) in [4.78, 5) is 4.10. The number of rotatable bonds is 1. The maximum Gasteiger partial charge on any atom is 0.171 e. The van der Waals surface area contributed by atoms with Crippen molar-refractivity contribution in [3.8, 4) is 0 Å². The van der Waals surface area contributed by atoms with Crippen LogP contribution in [0, 0.1) is 0 Å². The van der Waals surface area contributed by atoms with Gasteiger partial charge in [0.25, 0.3) is 0 Å². The van der Waals surface area contributed by atoms with Crippen molar-refractivity contribution in [3.05, 3.63) is 5.93 Å². The summed E-state index contributed by atoms with van der Waals surface area (Å²) in [7, 11) is 3.21. The largest absolute Gasteiger partial charge is 0.305 e. The van der Waals surface area contributed by atoms with E-state index < -0.39 is 0 Å². The van der Waals surface area contributed by atoms with Gasteiger partial charge in [0, 0.05) is 15.4 Å². The first-order chi connectivity index (χ1) is 3.84. The van der Waals surface area contributed by atoms with E-state index in [4.69, 9.17) is 0 Å². The first-order valence-electron chi connectivity index (χ1n) is 2.22. The van der Waals surface area contributed by atoms with Crippen molar-refractivity contribution in [2.75, 3.05) is 6.26 Å². The maximum absolute atomic E-state index is 4.10. The lowest BCUT2D eigenvalue weighted by Gasteiger charge is -1.91. The zero-order chi connectivity index (χ0) is 5.98. The third kappa shape index (κ3) is 1.04. The van der Waals surface area contributed by atoms with Crippen LogP contribution < -0.4 is 0 Å². The van der Waals surface area contributed by atoms with Crippen LogP contribution in [0.15, 0.2) is 11.1 Å². The summed E-state index contributed by atoms with van der Waals surface area (Å²) >= 11 is 1.68. The van der Waals surface area contributed by atoms with Crippen LogP contribution in [-0.2, 0) is 7.05 Å². The summed E-state index contributed by atoms with van der Waals surface area (Å²) in [5.74, 6) is 1.89. The van der Waals surface area contributed by atoms with Crippen LogP contribution in [-0.4, -0.2) is 15.6 Å². The number of hydrogen-bond acceptors (Lipinski definition) is 2. The molecule has 4 heteroatoms. The lowest BCUT2D eigenvalue weighted by Crippen LogP contribution is -1.82. The molecule has 1 aromatic rings. The SMILES string of the molecule is CSc1ncpn1C. The molecule has 0 bridgehead atoms. The van der Waals surface area contributed by atoms with E-state index in [0.717, 1.165) is 5.16 Å². The zero-order valence-electron chi connectivity index (χ0n) is 4.83. The summed E-state index contributed by atoms with van der Waals surface area (Å²) in [6.07, 6.45) is 2.03. The Morgan fingerprint density at radius 2 is 2.62 bits per heavy atom. The van der Waals surface area contributed by atoms with Crippen molar-refractivity contribution in [1.82, 2.24) is 9.31 Å². The lowest BCUT2D eigenvalue weighted by atomic mass is 11.2. The van der Waals surface area contributed by atoms with Crippen LogP contribution in [0.2, 0.25) is 0 Å². The Kier molecular flexibility index (Phi) is 1.92. The maximum atomic E-state index is 4.10. The molecular weight excluding hydrogens is 139 g/mol. The summed E-state index contributed by atoms with van der Waals surface area (Å²) < 4.78 is 2.09. The molecule has 0 aromatic carbocycles. The highest BCUT2D eigenvalue weighted by molar-refractivity contribution is 7.98. The molecule has 0 saturated heterocycles. The number of aryl methyl sites for hydroxylation is 1. The van der Waals surface area contributed by atoms with E-state index in [-0.39, 0.29) is 0 Å². The standard InChI is InChI=1S/C4H7N2PS/c1-6-4(8-2)5-3-7-6/h3H,1-2H3. The topological polar surface area (TPSA) is 17.8 Å². The second-order valence-corrected chi connectivity index (χ2v) is 3.21. The van der Waals surface area contributed by atoms with E-state index in [0.29, 0.717) is 0 Å². The van der Waals surface area contributed by atoms with Gasteiger partial charge in [0.2, 0.25) is 0 Å². The molecular formula is C4H7N2PS. The molecule has 2 nitrogen and oxygen atoms in total. The molecule has 0 radical (unpaired) electrons. The minimum absolute atomic E-state index is 1.10. The highest BCUT2D eigenvalue weighted by Gasteiger charge is 1.92. The molecule has 0 amide bonds. The van der Waals surface area contributed by atoms with Crippen LogP contribution in [0.25, 0.3) is 0 Å². The predicted octanol–water partition coefficient (Wildman–Crippen LogP) is 1.72. The monoisotopic (exact) mass is 146 g/mol. The number of hydrogen-bond donors (Lipinski definition) is 0. The van der Waals surface area contributed by atoms with Gasteiger partial charge in [0.05, 0.1) is 5.93 Å². The van der Waals surface area contributed by atoms with Gasteiger partial charge in [-0.15, -0.1) is 0 Å². The van der Waals surface area contributed by atoms with Crippen LogP contribution in [0.4, 0.5) is 0 Å². The molecule has 44 valence electrons. The highest BCUT2D eigenvalue weighted by Crippen LogP contribution is 2.15. The van der Waals surface area contributed by atoms with Crippen LogP contribution in [0.5, 0.6) is 0 Å². The first-order valence-corrected chi connectivity index (χ1v) is 4.36. The van der Waals surface area contributed by atoms with Gasteiger partial charge < -0.3 is 4.33 Å². The lowest BCUT2D eigenvalue weighted by molar-refractivity contribution is 0.850. The van der Waals surface area contributed by atoms with Gasteiger partial charge >= 0.3 is 0 Å². The summed E-state index contributed by atoms with van der Waals surface area (Å²) in [6, 6.07) is 0. The zero-order valence-corrected chi connectivity index (χ0v) is 6.54. The molecule has 0 atom stereocenters. The van der Waals surface area contributed by atoms with Crippen molar-refractivity contribution in [2.45, 2.75) is 5.16 Å². The molecule has 0 aliphatic heterocycles. The van der Waals surface area contributed by atoms with E-state index >= 15 is 0 Å². The fourth-order valence-corrected chi connectivity index (χ4v) is 1.82. The molecule has 1 aromatic heterocycles. The Morgan fingerprint density at radius 3 is 2.88 bits per heavy atom. The van der Waals surface area contributed by atoms with E-state index in [1.165, 1.54) is 8.35 Å². The minimum atomic E-state index is 1.10. The van der Waals surface area contributed by atoms with Crippen molar-refractivity contribution < 1.29 is 0 Å². The van der Waals surface area contributed by atoms with Crippen LogP contribution in [0.1, 0.15) is 0 Å². The molecule has 0 aliphatic carbocycles. The smallest absolute Gasteiger partial charge is 0.171 e. The Hall–Kier alpha value is -0.0100. The van der Waals surface area contributed by atoms with Gasteiger partial charge in [-0.25, -0.2) is 4.98 Å². The molecule has 0 unspecified atom stereocenters. The Balaban J connectivity index is 2.92. The predicted molar refractivity (Wildman–Crippen MR) is 37.5 cm³/mol. The minimum Gasteiger partial charge on any atom is -0.305 e. The third-order valence-electron chi connectivity index (χ3n) is 0.852. The van der Waals surface area contributed by atoms with Crippen molar-refractivity contribution in [2.24, 2.45) is 7.05 Å². The molecule has 0 N–H and O–H groups in total. The molecule has 0 saturated carbocycles. The summed E-state index contributed by atoms with van der Waals surface area (Å²) in [6.45, 7) is 0. The summed E-state index contributed by atoms with van der Waals surface area (Å²) in [5, 5.41) is 1.10. The van der Waals surface area contributed by atoms with Gasteiger partial charge in [0.1, 0.15) is 0 Å². The second-order valence-electron chi connectivity index (χ2n) is 1.37. The first kappa shape index (κ1) is 6.12. The Morgan fingerprint density at radius 1 is 1.88 bits per heavy atom. The van der Waals surface area contributed by atoms with E-state index in [1.54, 1.807) is 11.8 Å². The molecule has 8 heavy (non-hydrogen) atoms. The molecule has 1 rings (SSSR count). The van der Waals surface area contributed by atoms with E-state index in [1.807, 2.05) is 19.2 Å². The van der Waals surface area contributed by atoms with Gasteiger partial charge in [-0.3, -0.25) is 0 Å².